The van der Waals surface area contributed by atoms with Gasteiger partial charge in [-0.3, -0.25) is 0 Å². The fourth-order valence-electron chi connectivity index (χ4n) is 1.89. The minimum atomic E-state index is -3.58. The van der Waals surface area contributed by atoms with E-state index in [1.54, 1.807) is 13.0 Å². The Hall–Kier alpha value is -2.39. The van der Waals surface area contributed by atoms with Crippen LogP contribution in [0.4, 0.5) is 10.1 Å². The van der Waals surface area contributed by atoms with Crippen molar-refractivity contribution >= 4 is 15.5 Å². The molecule has 0 aliphatic carbocycles. The number of nitriles is 1. The average molecular weight is 304 g/mol. The number of nitrogens with two attached hydrogens (primary N) is 1. The molecule has 0 aliphatic rings. The maximum Gasteiger partial charge on any atom is 0.182 e. The van der Waals surface area contributed by atoms with E-state index in [1.165, 1.54) is 30.3 Å². The number of hydrogen-bond donors (Lipinski definition) is 1. The van der Waals surface area contributed by atoms with Crippen molar-refractivity contribution in [2.24, 2.45) is 0 Å². The first-order chi connectivity index (χ1) is 9.83. The molecule has 0 aliphatic heterocycles. The Labute approximate surface area is 122 Å². The second kappa shape index (κ2) is 5.54. The number of nitrogen functional groups attached to an aromatic ring is 1. The van der Waals surface area contributed by atoms with Gasteiger partial charge in [0.15, 0.2) is 9.84 Å². The van der Waals surface area contributed by atoms with Gasteiger partial charge in [-0.05, 0) is 48.4 Å². The molecule has 2 rings (SSSR count). The molecule has 4 nitrogen and oxygen atoms in total. The van der Waals surface area contributed by atoms with Crippen LogP contribution in [0.15, 0.2) is 41.3 Å². The Bertz CT molecular complexity index is 839. The summed E-state index contributed by atoms with van der Waals surface area (Å²) in [6.45, 7) is 1.72. The van der Waals surface area contributed by atoms with E-state index in [9.17, 15) is 12.8 Å². The molecule has 0 saturated heterocycles. The lowest BCUT2D eigenvalue weighted by Crippen LogP contribution is -2.06. The Morgan fingerprint density at radius 1 is 1.24 bits per heavy atom. The molecule has 0 amide bonds. The van der Waals surface area contributed by atoms with E-state index in [2.05, 4.69) is 0 Å². The standard InChI is InChI=1S/C15H13FN2O2S/c1-10-6-13(3-5-15(10)18)21(19,20)9-11-2-4-14(16)12(7-11)8-17/h2-7H,9,18H2,1H3. The SMILES string of the molecule is Cc1cc(S(=O)(=O)Cc2ccc(F)c(C#N)c2)ccc1N. The summed E-state index contributed by atoms with van der Waals surface area (Å²) in [7, 11) is -3.58. The number of hydrogen-bond acceptors (Lipinski definition) is 4. The van der Waals surface area contributed by atoms with Crippen LogP contribution >= 0.6 is 0 Å². The second-order valence-corrected chi connectivity index (χ2v) is 6.69. The largest absolute Gasteiger partial charge is 0.399 e. The lowest BCUT2D eigenvalue weighted by atomic mass is 10.1. The highest BCUT2D eigenvalue weighted by atomic mass is 32.2. The average Bonchev–Trinajstić information content (AvgIpc) is 2.43. The predicted molar refractivity (Wildman–Crippen MR) is 77.6 cm³/mol. The van der Waals surface area contributed by atoms with Crippen molar-refractivity contribution in [1.82, 2.24) is 0 Å². The maximum atomic E-state index is 13.2. The van der Waals surface area contributed by atoms with Crippen LogP contribution in [0.2, 0.25) is 0 Å². The fourth-order valence-corrected chi connectivity index (χ4v) is 3.31. The molecule has 0 spiro atoms. The smallest absolute Gasteiger partial charge is 0.182 e. The number of sulfone groups is 1. The van der Waals surface area contributed by atoms with Gasteiger partial charge in [0.2, 0.25) is 0 Å². The number of nitrogens with zero attached hydrogens (tertiary/aromatic N) is 1. The molecule has 2 N–H and O–H groups in total. The van der Waals surface area contributed by atoms with E-state index >= 15 is 0 Å². The first-order valence-corrected chi connectivity index (χ1v) is 7.76. The highest BCUT2D eigenvalue weighted by Gasteiger charge is 2.17. The van der Waals surface area contributed by atoms with E-state index < -0.39 is 15.7 Å². The van der Waals surface area contributed by atoms with Gasteiger partial charge in [-0.15, -0.1) is 0 Å². The van der Waals surface area contributed by atoms with E-state index in [0.29, 0.717) is 16.8 Å². The molecular formula is C15H13FN2O2S. The minimum Gasteiger partial charge on any atom is -0.399 e. The van der Waals surface area contributed by atoms with Gasteiger partial charge in [0.25, 0.3) is 0 Å². The highest BCUT2D eigenvalue weighted by molar-refractivity contribution is 7.90. The summed E-state index contributed by atoms with van der Waals surface area (Å²) in [6.07, 6.45) is 0. The number of rotatable bonds is 3. The van der Waals surface area contributed by atoms with Crippen molar-refractivity contribution in [3.05, 3.63) is 58.9 Å². The number of halogens is 1. The van der Waals surface area contributed by atoms with Gasteiger partial charge < -0.3 is 5.73 Å². The highest BCUT2D eigenvalue weighted by Crippen LogP contribution is 2.21. The molecule has 108 valence electrons. The minimum absolute atomic E-state index is 0.150. The van der Waals surface area contributed by atoms with Gasteiger partial charge in [0.1, 0.15) is 11.9 Å². The van der Waals surface area contributed by atoms with Crippen molar-refractivity contribution in [1.29, 1.82) is 5.26 Å². The zero-order valence-electron chi connectivity index (χ0n) is 11.3. The van der Waals surface area contributed by atoms with Crippen LogP contribution in [-0.2, 0) is 15.6 Å². The summed E-state index contributed by atoms with van der Waals surface area (Å²) in [6, 6.07) is 9.86. The number of anilines is 1. The molecule has 6 heteroatoms. The van der Waals surface area contributed by atoms with Crippen molar-refractivity contribution in [2.75, 3.05) is 5.73 Å². The normalized spacial score (nSPS) is 11.1. The molecule has 0 atom stereocenters. The molecule has 0 saturated carbocycles. The summed E-state index contributed by atoms with van der Waals surface area (Å²) in [5.74, 6) is -0.965. The Morgan fingerprint density at radius 2 is 1.95 bits per heavy atom. The van der Waals surface area contributed by atoms with E-state index in [-0.39, 0.29) is 16.2 Å². The molecule has 0 aromatic heterocycles. The van der Waals surface area contributed by atoms with Crippen LogP contribution in [-0.4, -0.2) is 8.42 Å². The van der Waals surface area contributed by atoms with Crippen molar-refractivity contribution < 1.29 is 12.8 Å². The molecule has 2 aromatic rings. The van der Waals surface area contributed by atoms with Crippen LogP contribution in [0, 0.1) is 24.1 Å². The van der Waals surface area contributed by atoms with Gasteiger partial charge in [0.05, 0.1) is 16.2 Å². The molecule has 0 radical (unpaired) electrons. The zero-order chi connectivity index (χ0) is 15.6. The van der Waals surface area contributed by atoms with Crippen LogP contribution < -0.4 is 5.73 Å². The summed E-state index contributed by atoms with van der Waals surface area (Å²) in [4.78, 5) is 0.150. The topological polar surface area (TPSA) is 84.0 Å². The number of aryl methyl sites for hydroxylation is 1. The van der Waals surface area contributed by atoms with Crippen LogP contribution in [0.3, 0.4) is 0 Å². The summed E-state index contributed by atoms with van der Waals surface area (Å²) in [5.41, 5.74) is 7.05. The number of benzene rings is 2. The van der Waals surface area contributed by atoms with Crippen LogP contribution in [0.1, 0.15) is 16.7 Å². The van der Waals surface area contributed by atoms with E-state index in [1.807, 2.05) is 0 Å². The van der Waals surface area contributed by atoms with E-state index in [0.717, 1.165) is 6.07 Å². The van der Waals surface area contributed by atoms with Gasteiger partial charge in [-0.2, -0.15) is 5.26 Å². The second-order valence-electron chi connectivity index (χ2n) is 4.70. The van der Waals surface area contributed by atoms with Crippen molar-refractivity contribution in [3.63, 3.8) is 0 Å². The predicted octanol–water partition coefficient (Wildman–Crippen LogP) is 2.56. The third-order valence-corrected chi connectivity index (χ3v) is 4.79. The first kappa shape index (κ1) is 15.0. The quantitative estimate of drug-likeness (QED) is 0.883. The molecular weight excluding hydrogens is 291 g/mol. The van der Waals surface area contributed by atoms with Crippen LogP contribution in [0.25, 0.3) is 0 Å². The monoisotopic (exact) mass is 304 g/mol. The summed E-state index contributed by atoms with van der Waals surface area (Å²) < 4.78 is 37.9. The van der Waals surface area contributed by atoms with E-state index in [4.69, 9.17) is 11.0 Å². The summed E-state index contributed by atoms with van der Waals surface area (Å²) >= 11 is 0. The maximum absolute atomic E-state index is 13.2. The molecule has 21 heavy (non-hydrogen) atoms. The summed E-state index contributed by atoms with van der Waals surface area (Å²) in [5, 5.41) is 8.77. The van der Waals surface area contributed by atoms with Crippen LogP contribution in [0.5, 0.6) is 0 Å². The Morgan fingerprint density at radius 3 is 2.57 bits per heavy atom. The molecule has 0 bridgehead atoms. The Kier molecular flexibility index (Phi) is 3.96. The van der Waals surface area contributed by atoms with Gasteiger partial charge >= 0.3 is 0 Å². The first-order valence-electron chi connectivity index (χ1n) is 6.11. The molecule has 0 heterocycles. The van der Waals surface area contributed by atoms with Gasteiger partial charge in [0, 0.05) is 5.69 Å². The van der Waals surface area contributed by atoms with Gasteiger partial charge in [-0.1, -0.05) is 6.07 Å². The third kappa shape index (κ3) is 3.20. The fraction of sp³-hybridized carbons (Fsp3) is 0.133. The molecule has 0 fully saturated rings. The van der Waals surface area contributed by atoms with Crippen molar-refractivity contribution in [2.45, 2.75) is 17.6 Å². The Balaban J connectivity index is 2.37. The van der Waals surface area contributed by atoms with Crippen molar-refractivity contribution in [3.8, 4) is 6.07 Å². The molecule has 0 unspecified atom stereocenters. The lowest BCUT2D eigenvalue weighted by molar-refractivity contribution is 0.594. The molecule has 2 aromatic carbocycles. The third-order valence-electron chi connectivity index (χ3n) is 3.11. The lowest BCUT2D eigenvalue weighted by Gasteiger charge is -2.07. The zero-order valence-corrected chi connectivity index (χ0v) is 12.1. The van der Waals surface area contributed by atoms with Gasteiger partial charge in [-0.25, -0.2) is 12.8 Å².